The molecule has 0 spiro atoms. The molecular weight excluding hydrogens is 223 g/mol. The van der Waals surface area contributed by atoms with Crippen molar-refractivity contribution in [1.29, 1.82) is 0 Å². The van der Waals surface area contributed by atoms with E-state index in [1.807, 2.05) is 0 Å². The van der Waals surface area contributed by atoms with Gasteiger partial charge in [0, 0.05) is 0 Å². The second kappa shape index (κ2) is 2.46. The smallest absolute Gasteiger partial charge is 1.00 e. The first kappa shape index (κ1) is 7.92. The zero-order chi connectivity index (χ0) is 3.91. The summed E-state index contributed by atoms with van der Waals surface area (Å²) in [6.07, 6.45) is 0. The van der Waals surface area contributed by atoms with Gasteiger partial charge in [0.05, 0.1) is 0 Å². The first-order valence-corrected chi connectivity index (χ1v) is 2.30. The molecule has 1 atom stereocenters. The van der Waals surface area contributed by atoms with E-state index < -0.39 is 4.76 Å². The van der Waals surface area contributed by atoms with Crippen molar-refractivity contribution in [2.45, 2.75) is 4.76 Å². The molecule has 3 nitrogen and oxygen atoms in total. The molecule has 0 bridgehead atoms. The van der Waals surface area contributed by atoms with Crippen LogP contribution in [0.15, 0.2) is 0 Å². The molecule has 0 aromatic heterocycles. The zero-order valence-electron chi connectivity index (χ0n) is 5.05. The van der Waals surface area contributed by atoms with Gasteiger partial charge >= 0.3 is 82.0 Å². The fraction of sp³-hybridized carbons (Fsp3) is 1.00. The van der Waals surface area contributed by atoms with Gasteiger partial charge in [-0.05, 0) is 0 Å². The number of hydrogen-bond acceptors (Lipinski definition) is 3. The zero-order valence-corrected chi connectivity index (χ0v) is 8.95. The summed E-state index contributed by atoms with van der Waals surface area (Å²) in [6, 6.07) is 0. The predicted octanol–water partition coefficient (Wildman–Crippen LogP) is -1.97. The Morgan fingerprint density at radius 1 is 1.67 bits per heavy atom. The van der Waals surface area contributed by atoms with Crippen molar-refractivity contribution in [3.05, 3.63) is 0 Å². The maximum absolute atomic E-state index is 8.22. The van der Waals surface area contributed by atoms with E-state index in [9.17, 15) is 0 Å². The van der Waals surface area contributed by atoms with Crippen molar-refractivity contribution in [2.75, 3.05) is 0 Å². The summed E-state index contributed by atoms with van der Waals surface area (Å²) >= 11 is 1.01. The van der Waals surface area contributed by atoms with Crippen molar-refractivity contribution in [2.24, 2.45) is 0 Å². The van der Waals surface area contributed by atoms with Crippen molar-refractivity contribution < 1.29 is 17.7 Å². The Balaban J connectivity index is -0.0000000833. The maximum Gasteiger partial charge on any atom is 2.00 e. The van der Waals surface area contributed by atoms with Crippen molar-refractivity contribution >= 4 is 62.3 Å². The fourth-order valence-corrected chi connectivity index (χ4v) is 0.144. The first-order chi connectivity index (χ1) is 2.21. The van der Waals surface area contributed by atoms with Crippen LogP contribution in [0.4, 0.5) is 0 Å². The predicted molar refractivity (Wildman–Crippen MR) is 23.6 cm³/mol. The van der Waals surface area contributed by atoms with Crippen LogP contribution >= 0.6 is 0 Å². The molecule has 6 heavy (non-hydrogen) atoms. The molecule has 1 unspecified atom stereocenters. The average Bonchev–Trinajstić information content (AvgIpc) is 1.76. The Morgan fingerprint density at radius 2 is 1.83 bits per heavy atom. The number of hydrogen-bond donors (Lipinski definition) is 1. The van der Waals surface area contributed by atoms with E-state index in [1.165, 1.54) is 0 Å². The summed E-state index contributed by atoms with van der Waals surface area (Å²) < 4.78 is -1.19. The van der Waals surface area contributed by atoms with E-state index >= 15 is 0 Å². The molecule has 1 heterocycles. The van der Waals surface area contributed by atoms with Crippen LogP contribution in [0.3, 0.4) is 0 Å². The van der Waals surface area contributed by atoms with Gasteiger partial charge in [0.25, 0.3) is 0 Å². The Morgan fingerprint density at radius 3 is 1.83 bits per heavy atom. The maximum atomic E-state index is 8.22. The summed E-state index contributed by atoms with van der Waals surface area (Å²) in [5, 5.41) is 8.22. The molecule has 0 amide bonds. The Hall–Kier alpha value is 1.92. The third-order valence-corrected chi connectivity index (χ3v) is 0.658. The molecule has 0 aromatic rings. The monoisotopic (exact) mass is 228 g/mol. The summed E-state index contributed by atoms with van der Waals surface area (Å²) in [4.78, 5) is 7.96. The van der Waals surface area contributed by atoms with Gasteiger partial charge in [0.1, 0.15) is 0 Å². The first-order valence-electron chi connectivity index (χ1n) is 1.09. The molecule has 1 aliphatic heterocycles. The molecule has 0 saturated carbocycles. The molecule has 0 radical (unpaired) electrons. The normalized spacial score (nSPS) is 25.0. The fourth-order valence-electron chi connectivity index (χ4n) is 0.0427. The van der Waals surface area contributed by atoms with Gasteiger partial charge in [0.2, 0.25) is 0 Å². The summed E-state index contributed by atoms with van der Waals surface area (Å²) in [6.45, 7) is 0. The third kappa shape index (κ3) is 2.99. The van der Waals surface area contributed by atoms with Crippen LogP contribution < -0.4 is 0 Å². The van der Waals surface area contributed by atoms with Gasteiger partial charge in [0.15, 0.2) is 0 Å². The minimum absolute atomic E-state index is 0. The third-order valence-electron chi connectivity index (χ3n) is 0.254. The van der Waals surface area contributed by atoms with Crippen LogP contribution in [0.1, 0.15) is 2.85 Å². The van der Waals surface area contributed by atoms with Crippen LogP contribution in [0.2, 0.25) is 0 Å². The molecule has 1 N–H and O–H groups in total. The van der Waals surface area contributed by atoms with E-state index in [4.69, 9.17) is 5.11 Å². The van der Waals surface area contributed by atoms with Crippen LogP contribution in [0.5, 0.6) is 0 Å². The van der Waals surface area contributed by atoms with E-state index in [-0.39, 0.29) is 48.3 Å². The second-order valence-corrected chi connectivity index (χ2v) is 2.33. The number of rotatable bonds is 0. The molecule has 34 valence electrons. The molecule has 1 aliphatic rings. The molecule has 1 fully saturated rings. The largest absolute Gasteiger partial charge is 2.00 e. The average molecular weight is 228 g/mol. The van der Waals surface area contributed by atoms with E-state index in [0.29, 0.717) is 0 Å². The van der Waals surface area contributed by atoms with Crippen molar-refractivity contribution in [1.82, 2.24) is 0 Å². The van der Waals surface area contributed by atoms with Gasteiger partial charge in [-0.25, -0.2) is 0 Å². The Bertz CT molecular complexity index is 55.2. The Labute approximate surface area is 83.7 Å². The van der Waals surface area contributed by atoms with Crippen LogP contribution in [0.25, 0.3) is 0 Å². The quantitative estimate of drug-likeness (QED) is 0.297. The van der Waals surface area contributed by atoms with Crippen molar-refractivity contribution in [3.63, 3.8) is 0 Å². The van der Waals surface area contributed by atoms with Gasteiger partial charge in [-0.1, -0.05) is 0 Å². The summed E-state index contributed by atoms with van der Waals surface area (Å²) in [7, 11) is 0. The molecule has 0 aromatic carbocycles. The van der Waals surface area contributed by atoms with Crippen LogP contribution in [-0.2, 0) is 9.78 Å². The standard InChI is InChI=1S/CH3AsO3.Sr.2H/c2-1(3)4-5-1;;;/h3H,2H2;;;/q;+2;2*-1. The number of aliphatic hydroxyl groups is 1. The van der Waals surface area contributed by atoms with E-state index in [0.717, 1.165) is 16.9 Å². The Kier molecular flexibility index (Phi) is 3.25. The van der Waals surface area contributed by atoms with Crippen LogP contribution in [0, 0.1) is 0 Å². The summed E-state index contributed by atoms with van der Waals surface area (Å²) in [5.41, 5.74) is 0. The molecule has 5 heteroatoms. The molecule has 0 aliphatic carbocycles. The van der Waals surface area contributed by atoms with Gasteiger partial charge < -0.3 is 2.85 Å². The summed E-state index contributed by atoms with van der Waals surface area (Å²) in [5.74, 6) is 0. The van der Waals surface area contributed by atoms with Gasteiger partial charge in [-0.2, -0.15) is 0 Å². The van der Waals surface area contributed by atoms with E-state index in [1.54, 1.807) is 0 Å². The topological polar surface area (TPSA) is 45.3 Å². The second-order valence-electron chi connectivity index (χ2n) is 0.797. The minimum Gasteiger partial charge on any atom is -1.00 e. The van der Waals surface area contributed by atoms with Crippen molar-refractivity contribution in [3.8, 4) is 0 Å². The van der Waals surface area contributed by atoms with E-state index in [2.05, 4.69) is 9.78 Å². The van der Waals surface area contributed by atoms with Gasteiger partial charge in [-0.15, -0.1) is 0 Å². The molecule has 1 saturated heterocycles. The minimum atomic E-state index is -1.19. The molecule has 1 rings (SSSR count). The van der Waals surface area contributed by atoms with Gasteiger partial charge in [-0.3, -0.25) is 0 Å². The van der Waals surface area contributed by atoms with Crippen LogP contribution in [-0.4, -0.2) is 72.2 Å². The molecular formula is CH5AsO3Sr. The SMILES string of the molecule is OC1([AsH2])OO1.[H-].[H-].[Sr+2].